The second-order valence-electron chi connectivity index (χ2n) is 11.0. The highest BCUT2D eigenvalue weighted by Crippen LogP contribution is 2.33. The Labute approximate surface area is 253 Å². The standard InChI is InChI=1S/C33H40N4O5S/c1-6-41-29-18-24(11-14-28(29)42-22(4)5)31(37-26-12-13-27-23(17-26)15-16-35-32(27)34)33(38)36-19-25-9-7-8-10-30(25)43(39,40)20-21(2)3/h7-18,21-22,31,37H,6,19-20H2,1-5H3,(H2,34,35)(H,36,38). The summed E-state index contributed by atoms with van der Waals surface area (Å²) in [6.45, 7) is 9.94. The summed E-state index contributed by atoms with van der Waals surface area (Å²) in [6.07, 6.45) is 1.58. The lowest BCUT2D eigenvalue weighted by atomic mass is 10.0. The number of nitrogens with one attached hydrogen (secondary N) is 2. The largest absolute Gasteiger partial charge is 0.490 e. The number of nitrogens with two attached hydrogens (primary N) is 1. The van der Waals surface area contributed by atoms with E-state index in [1.807, 2.05) is 65.0 Å². The van der Waals surface area contributed by atoms with Crippen LogP contribution in [0.3, 0.4) is 0 Å². The molecule has 1 aromatic heterocycles. The molecular formula is C33H40N4O5S. The number of anilines is 2. The van der Waals surface area contributed by atoms with Crippen molar-refractivity contribution in [1.29, 1.82) is 0 Å². The van der Waals surface area contributed by atoms with Crippen LogP contribution in [-0.4, -0.2) is 37.8 Å². The maximum absolute atomic E-state index is 13.9. The monoisotopic (exact) mass is 604 g/mol. The van der Waals surface area contributed by atoms with Crippen LogP contribution in [0, 0.1) is 5.92 Å². The Morgan fingerprint density at radius 2 is 1.74 bits per heavy atom. The number of fused-ring (bicyclic) bond motifs is 1. The molecule has 0 aliphatic carbocycles. The molecule has 0 bridgehead atoms. The first-order chi connectivity index (χ1) is 20.5. The zero-order chi connectivity index (χ0) is 31.1. The Morgan fingerprint density at radius 3 is 2.47 bits per heavy atom. The molecule has 0 saturated heterocycles. The minimum absolute atomic E-state index is 0.0230. The van der Waals surface area contributed by atoms with E-state index in [-0.39, 0.29) is 35.1 Å². The van der Waals surface area contributed by atoms with Gasteiger partial charge in [-0.05, 0) is 85.7 Å². The highest BCUT2D eigenvalue weighted by Gasteiger charge is 2.25. The van der Waals surface area contributed by atoms with Gasteiger partial charge in [-0.1, -0.05) is 38.1 Å². The summed E-state index contributed by atoms with van der Waals surface area (Å²) in [5, 5.41) is 8.00. The molecule has 1 heterocycles. The zero-order valence-electron chi connectivity index (χ0n) is 25.3. The first-order valence-electron chi connectivity index (χ1n) is 14.4. The lowest BCUT2D eigenvalue weighted by Crippen LogP contribution is -2.33. The van der Waals surface area contributed by atoms with Gasteiger partial charge in [0.2, 0.25) is 5.91 Å². The van der Waals surface area contributed by atoms with Crippen molar-refractivity contribution in [3.8, 4) is 11.5 Å². The number of sulfone groups is 1. The van der Waals surface area contributed by atoms with Crippen molar-refractivity contribution in [3.05, 3.63) is 84.1 Å². The van der Waals surface area contributed by atoms with Gasteiger partial charge in [0.15, 0.2) is 21.3 Å². The Kier molecular flexibility index (Phi) is 10.1. The average Bonchev–Trinajstić information content (AvgIpc) is 2.95. The van der Waals surface area contributed by atoms with Crippen molar-refractivity contribution in [1.82, 2.24) is 10.3 Å². The number of carbonyl (C=O) groups is 1. The molecule has 43 heavy (non-hydrogen) atoms. The molecule has 228 valence electrons. The first-order valence-corrected chi connectivity index (χ1v) is 16.1. The van der Waals surface area contributed by atoms with Gasteiger partial charge in [-0.25, -0.2) is 13.4 Å². The van der Waals surface area contributed by atoms with E-state index in [1.165, 1.54) is 0 Å². The predicted molar refractivity (Wildman–Crippen MR) is 171 cm³/mol. The van der Waals surface area contributed by atoms with Crippen molar-refractivity contribution >= 4 is 38.0 Å². The van der Waals surface area contributed by atoms with Crippen molar-refractivity contribution in [2.24, 2.45) is 5.92 Å². The maximum Gasteiger partial charge on any atom is 0.247 e. The highest BCUT2D eigenvalue weighted by atomic mass is 32.2. The van der Waals surface area contributed by atoms with Crippen LogP contribution in [-0.2, 0) is 21.2 Å². The summed E-state index contributed by atoms with van der Waals surface area (Å²) in [4.78, 5) is 18.3. The third-order valence-electron chi connectivity index (χ3n) is 6.65. The minimum atomic E-state index is -3.52. The number of ether oxygens (including phenoxy) is 2. The van der Waals surface area contributed by atoms with Crippen molar-refractivity contribution in [2.45, 2.75) is 58.2 Å². The van der Waals surface area contributed by atoms with E-state index in [1.54, 1.807) is 42.6 Å². The fraction of sp³-hybridized carbons (Fsp3) is 0.333. The smallest absolute Gasteiger partial charge is 0.247 e. The molecule has 0 radical (unpaired) electrons. The second-order valence-corrected chi connectivity index (χ2v) is 13.0. The molecular weight excluding hydrogens is 564 g/mol. The maximum atomic E-state index is 13.9. The van der Waals surface area contributed by atoms with Crippen LogP contribution < -0.4 is 25.8 Å². The second kappa shape index (κ2) is 13.8. The Bertz CT molecular complexity index is 1690. The summed E-state index contributed by atoms with van der Waals surface area (Å²) >= 11 is 0. The summed E-state index contributed by atoms with van der Waals surface area (Å²) in [6, 6.07) is 18.8. The van der Waals surface area contributed by atoms with Crippen molar-refractivity contribution in [3.63, 3.8) is 0 Å². The number of amides is 1. The van der Waals surface area contributed by atoms with E-state index < -0.39 is 15.9 Å². The van der Waals surface area contributed by atoms with Crippen LogP contribution in [0.2, 0.25) is 0 Å². The lowest BCUT2D eigenvalue weighted by Gasteiger charge is -2.23. The normalized spacial score (nSPS) is 12.3. The first kappa shape index (κ1) is 31.6. The number of nitrogens with zero attached hydrogens (tertiary/aromatic N) is 1. The highest BCUT2D eigenvalue weighted by molar-refractivity contribution is 7.91. The molecule has 4 aromatic rings. The van der Waals surface area contributed by atoms with Crippen LogP contribution in [0.25, 0.3) is 10.8 Å². The molecule has 10 heteroatoms. The Hall–Kier alpha value is -4.31. The Balaban J connectivity index is 1.69. The van der Waals surface area contributed by atoms with E-state index in [2.05, 4.69) is 15.6 Å². The van der Waals surface area contributed by atoms with Gasteiger partial charge in [-0.2, -0.15) is 0 Å². The van der Waals surface area contributed by atoms with Gasteiger partial charge in [-0.3, -0.25) is 4.79 Å². The summed E-state index contributed by atoms with van der Waals surface area (Å²) in [5.74, 6) is 1.18. The van der Waals surface area contributed by atoms with Gasteiger partial charge < -0.3 is 25.8 Å². The number of rotatable bonds is 13. The molecule has 9 nitrogen and oxygen atoms in total. The van der Waals surface area contributed by atoms with Crippen LogP contribution in [0.4, 0.5) is 11.5 Å². The molecule has 1 amide bonds. The molecule has 0 fully saturated rings. The van der Waals surface area contributed by atoms with Crippen LogP contribution in [0.15, 0.2) is 77.8 Å². The third-order valence-corrected chi connectivity index (χ3v) is 8.82. The number of pyridine rings is 1. The SMILES string of the molecule is CCOc1cc(C(Nc2ccc3c(N)nccc3c2)C(=O)NCc2ccccc2S(=O)(=O)CC(C)C)ccc1OC(C)C. The number of aromatic nitrogens is 1. The third kappa shape index (κ3) is 7.95. The van der Waals surface area contributed by atoms with Crippen LogP contribution in [0.1, 0.15) is 51.8 Å². The number of nitrogen functional groups attached to an aromatic ring is 1. The van der Waals surface area contributed by atoms with E-state index in [0.29, 0.717) is 40.7 Å². The van der Waals surface area contributed by atoms with Crippen LogP contribution >= 0.6 is 0 Å². The van der Waals surface area contributed by atoms with E-state index in [9.17, 15) is 13.2 Å². The van der Waals surface area contributed by atoms with E-state index >= 15 is 0 Å². The topological polar surface area (TPSA) is 133 Å². The van der Waals surface area contributed by atoms with Crippen molar-refractivity contribution in [2.75, 3.05) is 23.4 Å². The van der Waals surface area contributed by atoms with E-state index in [0.717, 1.165) is 10.8 Å². The molecule has 0 aliphatic heterocycles. The van der Waals surface area contributed by atoms with Gasteiger partial charge in [0.25, 0.3) is 0 Å². The summed E-state index contributed by atoms with van der Waals surface area (Å²) in [5.41, 5.74) is 7.91. The summed E-state index contributed by atoms with van der Waals surface area (Å²) < 4.78 is 38.0. The molecule has 0 spiro atoms. The van der Waals surface area contributed by atoms with Crippen LogP contribution in [0.5, 0.6) is 11.5 Å². The quantitative estimate of drug-likeness (QED) is 0.172. The average molecular weight is 605 g/mol. The molecule has 3 aromatic carbocycles. The number of carbonyl (C=O) groups excluding carboxylic acids is 1. The molecule has 4 N–H and O–H groups in total. The molecule has 0 saturated carbocycles. The van der Waals surface area contributed by atoms with Gasteiger partial charge in [0.1, 0.15) is 11.9 Å². The van der Waals surface area contributed by atoms with Gasteiger partial charge in [0, 0.05) is 23.8 Å². The van der Waals surface area contributed by atoms with Gasteiger partial charge in [-0.15, -0.1) is 0 Å². The minimum Gasteiger partial charge on any atom is -0.490 e. The fourth-order valence-corrected chi connectivity index (χ4v) is 6.73. The molecule has 4 rings (SSSR count). The molecule has 1 atom stereocenters. The predicted octanol–water partition coefficient (Wildman–Crippen LogP) is 5.90. The lowest BCUT2D eigenvalue weighted by molar-refractivity contribution is -0.122. The number of hydrogen-bond acceptors (Lipinski definition) is 8. The zero-order valence-corrected chi connectivity index (χ0v) is 26.1. The van der Waals surface area contributed by atoms with Crippen molar-refractivity contribution < 1.29 is 22.7 Å². The van der Waals surface area contributed by atoms with E-state index in [4.69, 9.17) is 15.2 Å². The molecule has 1 unspecified atom stereocenters. The number of hydrogen-bond donors (Lipinski definition) is 3. The fourth-order valence-electron chi connectivity index (χ4n) is 4.85. The van der Waals surface area contributed by atoms with Gasteiger partial charge >= 0.3 is 0 Å². The van der Waals surface area contributed by atoms with Gasteiger partial charge in [0.05, 0.1) is 23.4 Å². The molecule has 0 aliphatic rings. The summed E-state index contributed by atoms with van der Waals surface area (Å²) in [7, 11) is -3.52. The Morgan fingerprint density at radius 1 is 0.977 bits per heavy atom. The number of benzene rings is 3.